The van der Waals surface area contributed by atoms with Gasteiger partial charge in [-0.1, -0.05) is 18.2 Å². The van der Waals surface area contributed by atoms with Crippen molar-refractivity contribution in [1.82, 2.24) is 5.32 Å². The van der Waals surface area contributed by atoms with E-state index in [9.17, 15) is 0 Å². The smallest absolute Gasteiger partial charge is 0.124 e. The van der Waals surface area contributed by atoms with Gasteiger partial charge in [0.2, 0.25) is 0 Å². The van der Waals surface area contributed by atoms with Crippen molar-refractivity contribution < 1.29 is 4.74 Å². The summed E-state index contributed by atoms with van der Waals surface area (Å²) in [6, 6.07) is 8.60. The monoisotopic (exact) mass is 163 g/mol. The van der Waals surface area contributed by atoms with Crippen LogP contribution in [-0.4, -0.2) is 13.2 Å². The largest absolute Gasteiger partial charge is 0.492 e. The molecule has 1 aliphatic rings. The Balaban J connectivity index is 2.39. The van der Waals surface area contributed by atoms with Gasteiger partial charge in [-0.05, 0) is 13.0 Å². The zero-order chi connectivity index (χ0) is 8.39. The molecule has 2 rings (SSSR count). The number of nitrogens with one attached hydrogen (secondary N) is 1. The molecular formula is C10H13NO. The highest BCUT2D eigenvalue weighted by Gasteiger charge is 2.13. The molecule has 64 valence electrons. The van der Waals surface area contributed by atoms with Gasteiger partial charge in [-0.3, -0.25) is 0 Å². The number of para-hydroxylation sites is 1. The Morgan fingerprint density at radius 1 is 1.42 bits per heavy atom. The summed E-state index contributed by atoms with van der Waals surface area (Å²) in [6.07, 6.45) is 0. The van der Waals surface area contributed by atoms with Crippen LogP contribution >= 0.6 is 0 Å². The number of benzene rings is 1. The van der Waals surface area contributed by atoms with Crippen LogP contribution in [0.15, 0.2) is 24.3 Å². The van der Waals surface area contributed by atoms with E-state index >= 15 is 0 Å². The van der Waals surface area contributed by atoms with Crippen molar-refractivity contribution in [2.45, 2.75) is 13.0 Å². The summed E-state index contributed by atoms with van der Waals surface area (Å²) in [4.78, 5) is 0. The van der Waals surface area contributed by atoms with Crippen molar-refractivity contribution in [1.29, 1.82) is 0 Å². The fraction of sp³-hybridized carbons (Fsp3) is 0.400. The molecule has 0 saturated heterocycles. The third kappa shape index (κ3) is 1.30. The third-order valence-corrected chi connectivity index (χ3v) is 2.20. The van der Waals surface area contributed by atoms with Crippen molar-refractivity contribution in [3.8, 4) is 5.75 Å². The molecular weight excluding hydrogens is 150 g/mol. The summed E-state index contributed by atoms with van der Waals surface area (Å²) >= 11 is 0. The Bertz CT molecular complexity index is 272. The molecule has 1 aromatic carbocycles. The molecule has 0 saturated carbocycles. The summed E-state index contributed by atoms with van der Waals surface area (Å²) in [5, 5.41) is 3.38. The van der Waals surface area contributed by atoms with Gasteiger partial charge in [-0.2, -0.15) is 0 Å². The second-order valence-corrected chi connectivity index (χ2v) is 3.06. The predicted molar refractivity (Wildman–Crippen MR) is 48.4 cm³/mol. The molecule has 1 heterocycles. The molecule has 2 nitrogen and oxygen atoms in total. The zero-order valence-electron chi connectivity index (χ0n) is 7.21. The number of hydrogen-bond donors (Lipinski definition) is 1. The highest BCUT2D eigenvalue weighted by atomic mass is 16.5. The van der Waals surface area contributed by atoms with Gasteiger partial charge in [0, 0.05) is 18.2 Å². The van der Waals surface area contributed by atoms with Gasteiger partial charge >= 0.3 is 0 Å². The van der Waals surface area contributed by atoms with Crippen LogP contribution < -0.4 is 10.1 Å². The fourth-order valence-electron chi connectivity index (χ4n) is 1.52. The molecule has 0 fully saturated rings. The molecule has 1 aliphatic heterocycles. The van der Waals surface area contributed by atoms with Gasteiger partial charge in [0.1, 0.15) is 12.4 Å². The lowest BCUT2D eigenvalue weighted by atomic mass is 10.1. The average Bonchev–Trinajstić information content (AvgIpc) is 2.29. The predicted octanol–water partition coefficient (Wildman–Crippen LogP) is 1.73. The standard InChI is InChI=1S/C10H13NO/c1-8-9-4-2-3-5-10(9)12-7-6-11-8/h2-5,8,11H,6-7H2,1H3/t8-/m1/s1. The summed E-state index contributed by atoms with van der Waals surface area (Å²) in [7, 11) is 0. The van der Waals surface area contributed by atoms with Gasteiger partial charge in [-0.25, -0.2) is 0 Å². The van der Waals surface area contributed by atoms with E-state index in [1.54, 1.807) is 0 Å². The molecule has 12 heavy (non-hydrogen) atoms. The first-order chi connectivity index (χ1) is 5.88. The van der Waals surface area contributed by atoms with Crippen molar-refractivity contribution in [3.63, 3.8) is 0 Å². The van der Waals surface area contributed by atoms with E-state index in [4.69, 9.17) is 4.74 Å². The number of hydrogen-bond acceptors (Lipinski definition) is 2. The fourth-order valence-corrected chi connectivity index (χ4v) is 1.52. The Morgan fingerprint density at radius 3 is 3.17 bits per heavy atom. The van der Waals surface area contributed by atoms with E-state index in [1.165, 1.54) is 5.56 Å². The van der Waals surface area contributed by atoms with Crippen LogP contribution in [0.1, 0.15) is 18.5 Å². The van der Waals surface area contributed by atoms with Gasteiger partial charge in [0.15, 0.2) is 0 Å². The van der Waals surface area contributed by atoms with Crippen molar-refractivity contribution in [2.75, 3.05) is 13.2 Å². The van der Waals surface area contributed by atoms with Crippen LogP contribution in [0.5, 0.6) is 5.75 Å². The molecule has 1 N–H and O–H groups in total. The lowest BCUT2D eigenvalue weighted by molar-refractivity contribution is 0.324. The van der Waals surface area contributed by atoms with Crippen LogP contribution in [0.3, 0.4) is 0 Å². The lowest BCUT2D eigenvalue weighted by Crippen LogP contribution is -2.20. The maximum Gasteiger partial charge on any atom is 0.124 e. The minimum atomic E-state index is 0.406. The Hall–Kier alpha value is -1.02. The van der Waals surface area contributed by atoms with E-state index in [0.717, 1.165) is 18.9 Å². The van der Waals surface area contributed by atoms with Gasteiger partial charge < -0.3 is 10.1 Å². The molecule has 0 unspecified atom stereocenters. The van der Waals surface area contributed by atoms with E-state index in [-0.39, 0.29) is 0 Å². The van der Waals surface area contributed by atoms with Crippen LogP contribution in [0.25, 0.3) is 0 Å². The second kappa shape index (κ2) is 3.15. The van der Waals surface area contributed by atoms with Crippen LogP contribution in [-0.2, 0) is 0 Å². The highest BCUT2D eigenvalue weighted by molar-refractivity contribution is 5.36. The summed E-state index contributed by atoms with van der Waals surface area (Å²) in [5.41, 5.74) is 1.26. The number of ether oxygens (including phenoxy) is 1. The van der Waals surface area contributed by atoms with E-state index < -0.39 is 0 Å². The normalized spacial score (nSPS) is 22.2. The maximum atomic E-state index is 5.56. The summed E-state index contributed by atoms with van der Waals surface area (Å²) < 4.78 is 5.56. The van der Waals surface area contributed by atoms with Gasteiger partial charge in [0.05, 0.1) is 0 Å². The van der Waals surface area contributed by atoms with Crippen LogP contribution in [0.2, 0.25) is 0 Å². The molecule has 0 radical (unpaired) electrons. The molecule has 0 spiro atoms. The molecule has 0 bridgehead atoms. The maximum absolute atomic E-state index is 5.56. The first-order valence-electron chi connectivity index (χ1n) is 4.33. The second-order valence-electron chi connectivity index (χ2n) is 3.06. The Labute approximate surface area is 72.5 Å². The van der Waals surface area contributed by atoms with Crippen molar-refractivity contribution in [3.05, 3.63) is 29.8 Å². The van der Waals surface area contributed by atoms with E-state index in [2.05, 4.69) is 18.3 Å². The molecule has 1 atom stereocenters. The van der Waals surface area contributed by atoms with Crippen molar-refractivity contribution in [2.24, 2.45) is 0 Å². The molecule has 0 aromatic heterocycles. The number of rotatable bonds is 0. The summed E-state index contributed by atoms with van der Waals surface area (Å²) in [5.74, 6) is 1.02. The zero-order valence-corrected chi connectivity index (χ0v) is 7.21. The van der Waals surface area contributed by atoms with Crippen LogP contribution in [0, 0.1) is 0 Å². The SMILES string of the molecule is C[C@H]1NCCOc2ccccc21. The average molecular weight is 163 g/mol. The lowest BCUT2D eigenvalue weighted by Gasteiger charge is -2.10. The minimum Gasteiger partial charge on any atom is -0.492 e. The Kier molecular flexibility index (Phi) is 2.00. The Morgan fingerprint density at radius 2 is 2.25 bits per heavy atom. The van der Waals surface area contributed by atoms with Crippen molar-refractivity contribution >= 4 is 0 Å². The van der Waals surface area contributed by atoms with E-state index in [0.29, 0.717) is 6.04 Å². The first-order valence-corrected chi connectivity index (χ1v) is 4.33. The minimum absolute atomic E-state index is 0.406. The quantitative estimate of drug-likeness (QED) is 0.629. The first kappa shape index (κ1) is 7.62. The molecule has 1 aromatic rings. The molecule has 0 aliphatic carbocycles. The van der Waals surface area contributed by atoms with E-state index in [1.807, 2.05) is 18.2 Å². The molecule has 2 heteroatoms. The highest BCUT2D eigenvalue weighted by Crippen LogP contribution is 2.25. The topological polar surface area (TPSA) is 21.3 Å². The van der Waals surface area contributed by atoms with Gasteiger partial charge in [0.25, 0.3) is 0 Å². The molecule has 0 amide bonds. The van der Waals surface area contributed by atoms with Crippen LogP contribution in [0.4, 0.5) is 0 Å². The summed E-state index contributed by atoms with van der Waals surface area (Å²) in [6.45, 7) is 3.85. The number of fused-ring (bicyclic) bond motifs is 1. The van der Waals surface area contributed by atoms with Gasteiger partial charge in [-0.15, -0.1) is 0 Å². The third-order valence-electron chi connectivity index (χ3n) is 2.20.